The molecule has 0 aliphatic carbocycles. The van der Waals surface area contributed by atoms with E-state index < -0.39 is 0 Å². The number of allylic oxidation sites excluding steroid dienone is 6. The molecule has 0 heteroatoms. The van der Waals surface area contributed by atoms with Crippen LogP contribution in [0.1, 0.15) is 38.5 Å². The van der Waals surface area contributed by atoms with E-state index >= 15 is 0 Å². The van der Waals surface area contributed by atoms with Gasteiger partial charge in [-0.25, -0.2) is 0 Å². The zero-order valence-electron chi connectivity index (χ0n) is 9.12. The molecule has 0 radical (unpaired) electrons. The summed E-state index contributed by atoms with van der Waals surface area (Å²) in [5, 5.41) is 0. The van der Waals surface area contributed by atoms with Gasteiger partial charge in [0.05, 0.1) is 0 Å². The summed E-state index contributed by atoms with van der Waals surface area (Å²) in [4.78, 5) is 0. The molecule has 0 amide bonds. The van der Waals surface area contributed by atoms with E-state index in [1.807, 2.05) is 12.2 Å². The highest BCUT2D eigenvalue weighted by Crippen LogP contribution is 1.98. The van der Waals surface area contributed by atoms with Crippen LogP contribution in [0.4, 0.5) is 0 Å². The number of unbranched alkanes of at least 4 members (excludes halogenated alkanes) is 3. The summed E-state index contributed by atoms with van der Waals surface area (Å²) in [7, 11) is 0. The maximum Gasteiger partial charge on any atom is -0.0316 e. The summed E-state index contributed by atoms with van der Waals surface area (Å²) in [5.74, 6) is 0. The van der Waals surface area contributed by atoms with Crippen molar-refractivity contribution in [2.75, 3.05) is 0 Å². The van der Waals surface area contributed by atoms with Crippen LogP contribution in [0.2, 0.25) is 0 Å². The van der Waals surface area contributed by atoms with Gasteiger partial charge in [0, 0.05) is 0 Å². The molecule has 0 atom stereocenters. The van der Waals surface area contributed by atoms with Crippen molar-refractivity contribution in [3.63, 3.8) is 0 Å². The smallest absolute Gasteiger partial charge is 0.0316 e. The van der Waals surface area contributed by atoms with Crippen LogP contribution in [0, 0.1) is 0 Å². The van der Waals surface area contributed by atoms with Gasteiger partial charge in [-0.1, -0.05) is 36.5 Å². The summed E-state index contributed by atoms with van der Waals surface area (Å²) in [6.07, 6.45) is 19.6. The lowest BCUT2D eigenvalue weighted by Crippen LogP contribution is -1.68. The van der Waals surface area contributed by atoms with Gasteiger partial charge in [0.15, 0.2) is 0 Å². The lowest BCUT2D eigenvalue weighted by molar-refractivity contribution is 0.988. The molecule has 78 valence electrons. The van der Waals surface area contributed by atoms with Crippen molar-refractivity contribution in [2.45, 2.75) is 38.5 Å². The summed E-state index contributed by atoms with van der Waals surface area (Å²) < 4.78 is 0. The molecule has 0 rings (SSSR count). The predicted octanol–water partition coefficient (Wildman–Crippen LogP) is 4.81. The third kappa shape index (κ3) is 11.0. The van der Waals surface area contributed by atoms with Gasteiger partial charge in [-0.3, -0.25) is 0 Å². The molecule has 0 nitrogen and oxygen atoms in total. The Kier molecular flexibility index (Phi) is 11.1. The van der Waals surface area contributed by atoms with Crippen molar-refractivity contribution in [3.8, 4) is 0 Å². The monoisotopic (exact) mass is 190 g/mol. The van der Waals surface area contributed by atoms with E-state index in [1.54, 1.807) is 0 Å². The minimum absolute atomic E-state index is 1.09. The maximum absolute atomic E-state index is 3.68. The molecule has 0 spiro atoms. The molecule has 0 aromatic carbocycles. The van der Waals surface area contributed by atoms with Crippen LogP contribution in [-0.2, 0) is 0 Å². The Morgan fingerprint density at radius 3 is 1.07 bits per heavy atom. The summed E-state index contributed by atoms with van der Waals surface area (Å²) in [6.45, 7) is 7.37. The van der Waals surface area contributed by atoms with Crippen LogP contribution in [0.5, 0.6) is 0 Å². The minimum Gasteiger partial charge on any atom is -0.103 e. The first kappa shape index (κ1) is 13.0. The third-order valence-corrected chi connectivity index (χ3v) is 1.91. The van der Waals surface area contributed by atoms with Crippen LogP contribution >= 0.6 is 0 Å². The Morgan fingerprint density at radius 2 is 0.786 bits per heavy atom. The van der Waals surface area contributed by atoms with E-state index in [1.165, 1.54) is 0 Å². The quantitative estimate of drug-likeness (QED) is 0.361. The molecular weight excluding hydrogens is 168 g/mol. The van der Waals surface area contributed by atoms with E-state index in [2.05, 4.69) is 37.5 Å². The Bertz CT molecular complexity index is 162. The molecule has 0 fully saturated rings. The van der Waals surface area contributed by atoms with E-state index in [-0.39, 0.29) is 0 Å². The summed E-state index contributed by atoms with van der Waals surface area (Å²) in [6, 6.07) is 0. The van der Waals surface area contributed by atoms with Crippen LogP contribution < -0.4 is 0 Å². The van der Waals surface area contributed by atoms with E-state index in [0.29, 0.717) is 0 Å². The molecule has 0 saturated heterocycles. The highest BCUT2D eigenvalue weighted by Gasteiger charge is 1.78. The number of hydrogen-bond donors (Lipinski definition) is 0. The van der Waals surface area contributed by atoms with Crippen molar-refractivity contribution >= 4 is 0 Å². The SMILES string of the molecule is C=CCC/C=C\CC/C=C\CCC=C. The maximum atomic E-state index is 3.68. The van der Waals surface area contributed by atoms with Gasteiger partial charge in [0.1, 0.15) is 0 Å². The molecule has 0 bridgehead atoms. The normalized spacial score (nSPS) is 11.1. The van der Waals surface area contributed by atoms with Crippen molar-refractivity contribution in [3.05, 3.63) is 49.6 Å². The van der Waals surface area contributed by atoms with Gasteiger partial charge in [0.25, 0.3) is 0 Å². The average Bonchev–Trinajstić information content (AvgIpc) is 2.21. The van der Waals surface area contributed by atoms with Gasteiger partial charge in [0.2, 0.25) is 0 Å². The van der Waals surface area contributed by atoms with Gasteiger partial charge < -0.3 is 0 Å². The van der Waals surface area contributed by atoms with Crippen molar-refractivity contribution in [1.82, 2.24) is 0 Å². The lowest BCUT2D eigenvalue weighted by atomic mass is 10.2. The van der Waals surface area contributed by atoms with Gasteiger partial charge in [-0.15, -0.1) is 13.2 Å². The first-order valence-corrected chi connectivity index (χ1v) is 5.43. The molecule has 0 aromatic rings. The first-order valence-electron chi connectivity index (χ1n) is 5.43. The molecule has 0 aromatic heterocycles. The van der Waals surface area contributed by atoms with E-state index in [4.69, 9.17) is 0 Å². The van der Waals surface area contributed by atoms with Crippen LogP contribution in [0.25, 0.3) is 0 Å². The highest BCUT2D eigenvalue weighted by atomic mass is 13.8. The van der Waals surface area contributed by atoms with Gasteiger partial charge in [-0.2, -0.15) is 0 Å². The second kappa shape index (κ2) is 12.0. The Hall–Kier alpha value is -1.04. The molecule has 0 unspecified atom stereocenters. The second-order valence-electron chi connectivity index (χ2n) is 3.25. The largest absolute Gasteiger partial charge is 0.103 e. The molecular formula is C14H22. The van der Waals surface area contributed by atoms with Crippen molar-refractivity contribution in [2.24, 2.45) is 0 Å². The minimum atomic E-state index is 1.09. The lowest BCUT2D eigenvalue weighted by Gasteiger charge is -1.88. The second-order valence-corrected chi connectivity index (χ2v) is 3.25. The van der Waals surface area contributed by atoms with Gasteiger partial charge in [-0.05, 0) is 38.5 Å². The molecule has 0 N–H and O–H groups in total. The van der Waals surface area contributed by atoms with Crippen LogP contribution in [-0.4, -0.2) is 0 Å². The van der Waals surface area contributed by atoms with Gasteiger partial charge >= 0.3 is 0 Å². The zero-order chi connectivity index (χ0) is 10.5. The molecule has 0 heterocycles. The topological polar surface area (TPSA) is 0 Å². The standard InChI is InChI=1S/C14H22/c1-3-5-7-9-11-13-14-12-10-8-6-4-2/h3-4,9-12H,1-2,5-8,13-14H2/b11-9-,12-10-. The number of rotatable bonds is 9. The summed E-state index contributed by atoms with van der Waals surface area (Å²) >= 11 is 0. The van der Waals surface area contributed by atoms with Crippen LogP contribution in [0.3, 0.4) is 0 Å². The fourth-order valence-corrected chi connectivity index (χ4v) is 1.09. The zero-order valence-corrected chi connectivity index (χ0v) is 9.12. The Morgan fingerprint density at radius 1 is 0.500 bits per heavy atom. The average molecular weight is 190 g/mol. The van der Waals surface area contributed by atoms with Crippen molar-refractivity contribution in [1.29, 1.82) is 0 Å². The first-order chi connectivity index (χ1) is 6.91. The third-order valence-electron chi connectivity index (χ3n) is 1.91. The molecule has 14 heavy (non-hydrogen) atoms. The van der Waals surface area contributed by atoms with Crippen molar-refractivity contribution < 1.29 is 0 Å². The molecule has 0 aliphatic rings. The Balaban J connectivity index is 3.18. The number of hydrogen-bond acceptors (Lipinski definition) is 0. The summed E-state index contributed by atoms with van der Waals surface area (Å²) in [5.41, 5.74) is 0. The fourth-order valence-electron chi connectivity index (χ4n) is 1.09. The van der Waals surface area contributed by atoms with Crippen LogP contribution in [0.15, 0.2) is 49.6 Å². The fraction of sp³-hybridized carbons (Fsp3) is 0.429. The Labute approximate surface area is 88.7 Å². The van der Waals surface area contributed by atoms with E-state index in [9.17, 15) is 0 Å². The highest BCUT2D eigenvalue weighted by molar-refractivity contribution is 4.89. The predicted molar refractivity (Wildman–Crippen MR) is 66.4 cm³/mol. The molecule has 0 saturated carbocycles. The van der Waals surface area contributed by atoms with E-state index in [0.717, 1.165) is 38.5 Å². The molecule has 0 aliphatic heterocycles.